The van der Waals surface area contributed by atoms with Gasteiger partial charge in [-0.15, -0.1) is 0 Å². The fourth-order valence-electron chi connectivity index (χ4n) is 8.71. The molecule has 2 atom stereocenters. The van der Waals surface area contributed by atoms with E-state index in [9.17, 15) is 19.5 Å². The van der Waals surface area contributed by atoms with Crippen molar-refractivity contribution in [2.24, 2.45) is 17.3 Å². The molecule has 1 spiro atoms. The Morgan fingerprint density at radius 3 is 2.40 bits per heavy atom. The molecule has 2 saturated carbocycles. The van der Waals surface area contributed by atoms with E-state index < -0.39 is 16.8 Å². The number of hydrogen-bond acceptors (Lipinski definition) is 5. The first-order chi connectivity index (χ1) is 21.7. The van der Waals surface area contributed by atoms with Gasteiger partial charge in [-0.1, -0.05) is 70.1 Å². The number of piperazine rings is 1. The summed E-state index contributed by atoms with van der Waals surface area (Å²) in [6, 6.07) is 7.55. The van der Waals surface area contributed by atoms with Crippen LogP contribution in [0.5, 0.6) is 0 Å². The Morgan fingerprint density at radius 1 is 0.978 bits per heavy atom. The van der Waals surface area contributed by atoms with Crippen molar-refractivity contribution in [3.8, 4) is 11.1 Å². The number of pyridine rings is 1. The molecule has 6 rings (SSSR count). The molecule has 2 amide bonds. The summed E-state index contributed by atoms with van der Waals surface area (Å²) in [5.74, 6) is 0.0204. The van der Waals surface area contributed by atoms with Gasteiger partial charge in [-0.05, 0) is 37.7 Å². The number of nitrogens with one attached hydrogen (secondary N) is 1. The molecule has 9 heteroatoms. The standard InChI is InChI=1S/C36H49FN4O4/c1-26(21-27-9-3-2-4-10-27)33(43)40-18-15-36(45,35(24-40)13-7-8-14-35)25-41-23-30(34(44)39-19-16-38-17-20-39)29(22-32(41)42)28-11-5-6-12-31(28)37/h5-6,11-12,22-23,26-27,38,45H,2-4,7-10,13-21,24-25H2,1H3. The zero-order chi connectivity index (χ0) is 31.6. The molecule has 244 valence electrons. The molecule has 1 aromatic carbocycles. The van der Waals surface area contributed by atoms with Gasteiger partial charge in [-0.3, -0.25) is 14.4 Å². The molecular formula is C36H49FN4O4. The SMILES string of the molecule is CC(CC1CCCCC1)C(=O)N1CCC(O)(Cn2cc(C(=O)N3CCNCC3)c(-c3ccccc3F)cc2=O)C2(CCCC2)C1. The van der Waals surface area contributed by atoms with E-state index in [1.54, 1.807) is 29.3 Å². The molecule has 4 fully saturated rings. The first kappa shape index (κ1) is 31.9. The van der Waals surface area contributed by atoms with Crippen molar-refractivity contribution in [2.75, 3.05) is 39.3 Å². The maximum absolute atomic E-state index is 15.0. The number of hydrogen-bond donors (Lipinski definition) is 2. The maximum atomic E-state index is 15.0. The Balaban J connectivity index is 1.28. The van der Waals surface area contributed by atoms with E-state index >= 15 is 4.39 Å². The second-order valence-electron chi connectivity index (χ2n) is 14.3. The van der Waals surface area contributed by atoms with Gasteiger partial charge in [0.15, 0.2) is 0 Å². The van der Waals surface area contributed by atoms with E-state index in [1.165, 1.54) is 48.8 Å². The van der Waals surface area contributed by atoms with Crippen LogP contribution in [0.3, 0.4) is 0 Å². The molecule has 2 N–H and O–H groups in total. The lowest BCUT2D eigenvalue weighted by molar-refractivity contribution is -0.163. The number of halogens is 1. The first-order valence-corrected chi connectivity index (χ1v) is 17.2. The summed E-state index contributed by atoms with van der Waals surface area (Å²) in [5, 5.41) is 15.7. The normalized spacial score (nSPS) is 24.6. The summed E-state index contributed by atoms with van der Waals surface area (Å²) in [5.41, 5.74) is -1.38. The highest BCUT2D eigenvalue weighted by atomic mass is 19.1. The van der Waals surface area contributed by atoms with Crippen molar-refractivity contribution >= 4 is 11.8 Å². The van der Waals surface area contributed by atoms with Crippen LogP contribution in [0, 0.1) is 23.1 Å². The molecule has 1 aromatic heterocycles. The average molecular weight is 621 g/mol. The minimum Gasteiger partial charge on any atom is -0.387 e. The molecule has 45 heavy (non-hydrogen) atoms. The number of aromatic nitrogens is 1. The van der Waals surface area contributed by atoms with E-state index in [0.29, 0.717) is 51.6 Å². The third-order valence-electron chi connectivity index (χ3n) is 11.3. The molecule has 2 unspecified atom stereocenters. The first-order valence-electron chi connectivity index (χ1n) is 17.2. The largest absolute Gasteiger partial charge is 0.387 e. The predicted octanol–water partition coefficient (Wildman–Crippen LogP) is 4.83. The number of rotatable bonds is 7. The second-order valence-corrected chi connectivity index (χ2v) is 14.3. The number of amides is 2. The van der Waals surface area contributed by atoms with Crippen molar-refractivity contribution in [2.45, 2.75) is 89.7 Å². The maximum Gasteiger partial charge on any atom is 0.256 e. The number of nitrogens with zero attached hydrogens (tertiary/aromatic N) is 3. The number of benzene rings is 1. The molecule has 2 saturated heterocycles. The lowest BCUT2D eigenvalue weighted by Crippen LogP contribution is -2.62. The van der Waals surface area contributed by atoms with Gasteiger partial charge in [-0.2, -0.15) is 0 Å². The third kappa shape index (κ3) is 6.48. The Kier molecular flexibility index (Phi) is 9.48. The summed E-state index contributed by atoms with van der Waals surface area (Å²) < 4.78 is 16.5. The topological polar surface area (TPSA) is 94.9 Å². The molecule has 2 aromatic rings. The number of carbonyl (C=O) groups is 2. The zero-order valence-corrected chi connectivity index (χ0v) is 26.7. The number of aliphatic hydroxyl groups is 1. The van der Waals surface area contributed by atoms with Crippen LogP contribution >= 0.6 is 0 Å². The molecule has 2 aliphatic heterocycles. The molecule has 2 aliphatic carbocycles. The highest BCUT2D eigenvalue weighted by molar-refractivity contribution is 6.00. The van der Waals surface area contributed by atoms with Crippen LogP contribution in [-0.2, 0) is 11.3 Å². The Morgan fingerprint density at radius 2 is 1.69 bits per heavy atom. The van der Waals surface area contributed by atoms with Gasteiger partial charge in [0, 0.05) is 74.0 Å². The van der Waals surface area contributed by atoms with Crippen LogP contribution in [0.25, 0.3) is 11.1 Å². The summed E-state index contributed by atoms with van der Waals surface area (Å²) in [6.07, 6.45) is 12.6. The molecule has 0 radical (unpaired) electrons. The molecule has 3 heterocycles. The second kappa shape index (κ2) is 13.4. The highest BCUT2D eigenvalue weighted by Crippen LogP contribution is 2.52. The Hall–Kier alpha value is -3.04. The molecule has 4 aliphatic rings. The summed E-state index contributed by atoms with van der Waals surface area (Å²) >= 11 is 0. The summed E-state index contributed by atoms with van der Waals surface area (Å²) in [6.45, 7) is 5.40. The Bertz CT molecular complexity index is 1440. The monoisotopic (exact) mass is 620 g/mol. The number of carbonyl (C=O) groups excluding carboxylic acids is 2. The van der Waals surface area contributed by atoms with E-state index in [2.05, 4.69) is 12.2 Å². The molecule has 0 bridgehead atoms. The van der Waals surface area contributed by atoms with E-state index in [4.69, 9.17) is 0 Å². The fraction of sp³-hybridized carbons (Fsp3) is 0.639. The van der Waals surface area contributed by atoms with Gasteiger partial charge < -0.3 is 24.8 Å². The van der Waals surface area contributed by atoms with E-state index in [1.807, 2.05) is 4.90 Å². The van der Waals surface area contributed by atoms with Crippen LogP contribution in [-0.4, -0.2) is 76.2 Å². The predicted molar refractivity (Wildman–Crippen MR) is 172 cm³/mol. The van der Waals surface area contributed by atoms with Gasteiger partial charge in [-0.25, -0.2) is 4.39 Å². The van der Waals surface area contributed by atoms with Gasteiger partial charge in [0.25, 0.3) is 11.5 Å². The van der Waals surface area contributed by atoms with Crippen LogP contribution in [0.1, 0.15) is 87.9 Å². The molecule has 8 nitrogen and oxygen atoms in total. The van der Waals surface area contributed by atoms with Crippen LogP contribution in [0.4, 0.5) is 4.39 Å². The van der Waals surface area contributed by atoms with Gasteiger partial charge in [0.2, 0.25) is 5.91 Å². The van der Waals surface area contributed by atoms with Gasteiger partial charge >= 0.3 is 0 Å². The lowest BCUT2D eigenvalue weighted by Gasteiger charge is -2.53. The smallest absolute Gasteiger partial charge is 0.256 e. The minimum absolute atomic E-state index is 0.0326. The fourth-order valence-corrected chi connectivity index (χ4v) is 8.71. The Labute approximate surface area is 266 Å². The van der Waals surface area contributed by atoms with Crippen molar-refractivity contribution < 1.29 is 19.1 Å². The van der Waals surface area contributed by atoms with E-state index in [-0.39, 0.29) is 46.5 Å². The summed E-state index contributed by atoms with van der Waals surface area (Å²) in [7, 11) is 0. The van der Waals surface area contributed by atoms with Crippen molar-refractivity contribution in [3.05, 3.63) is 58.3 Å². The van der Waals surface area contributed by atoms with Crippen molar-refractivity contribution in [1.29, 1.82) is 0 Å². The number of piperidine rings is 1. The zero-order valence-electron chi connectivity index (χ0n) is 26.7. The van der Waals surface area contributed by atoms with Crippen LogP contribution in [0.2, 0.25) is 0 Å². The quantitative estimate of drug-likeness (QED) is 0.463. The summed E-state index contributed by atoms with van der Waals surface area (Å²) in [4.78, 5) is 45.0. The van der Waals surface area contributed by atoms with Crippen molar-refractivity contribution in [3.63, 3.8) is 0 Å². The van der Waals surface area contributed by atoms with Crippen molar-refractivity contribution in [1.82, 2.24) is 19.7 Å². The minimum atomic E-state index is -1.22. The average Bonchev–Trinajstić information content (AvgIpc) is 3.54. The van der Waals surface area contributed by atoms with E-state index in [0.717, 1.165) is 32.1 Å². The third-order valence-corrected chi connectivity index (χ3v) is 11.3. The van der Waals surface area contributed by atoms with Gasteiger partial charge in [0.05, 0.1) is 17.7 Å². The lowest BCUT2D eigenvalue weighted by atomic mass is 9.65. The van der Waals surface area contributed by atoms with Crippen LogP contribution in [0.15, 0.2) is 41.3 Å². The molecular weight excluding hydrogens is 571 g/mol. The van der Waals surface area contributed by atoms with Gasteiger partial charge in [0.1, 0.15) is 5.82 Å². The highest BCUT2D eigenvalue weighted by Gasteiger charge is 2.56. The van der Waals surface area contributed by atoms with Crippen LogP contribution < -0.4 is 10.9 Å². The number of likely N-dealkylation sites (tertiary alicyclic amines) is 1.